The van der Waals surface area contributed by atoms with Crippen molar-refractivity contribution < 1.29 is 4.79 Å². The molecule has 0 spiro atoms. The highest BCUT2D eigenvalue weighted by Gasteiger charge is 2.21. The van der Waals surface area contributed by atoms with Crippen molar-refractivity contribution in [2.24, 2.45) is 11.8 Å². The van der Waals surface area contributed by atoms with E-state index in [1.807, 2.05) is 12.1 Å². The molecule has 1 aromatic carbocycles. The van der Waals surface area contributed by atoms with Crippen molar-refractivity contribution in [1.29, 1.82) is 0 Å². The molecule has 0 radical (unpaired) electrons. The molecule has 1 saturated carbocycles. The van der Waals surface area contributed by atoms with Gasteiger partial charge >= 0.3 is 0 Å². The zero-order valence-electron chi connectivity index (χ0n) is 13.7. The Bertz CT molecular complexity index is 723. The number of pyridine rings is 1. The smallest absolute Gasteiger partial charge is 0.225 e. The molecule has 1 aromatic heterocycles. The summed E-state index contributed by atoms with van der Waals surface area (Å²) >= 11 is 6.28. The first-order chi connectivity index (χ1) is 11.0. The third kappa shape index (κ3) is 4.03. The first-order valence-electron chi connectivity index (χ1n) is 8.40. The lowest BCUT2D eigenvalue weighted by molar-refractivity contribution is -0.117. The van der Waals surface area contributed by atoms with Crippen molar-refractivity contribution in [2.75, 3.05) is 5.32 Å². The van der Waals surface area contributed by atoms with Crippen LogP contribution in [0, 0.1) is 11.8 Å². The number of carbonyl (C=O) groups is 1. The van der Waals surface area contributed by atoms with Crippen LogP contribution in [0.15, 0.2) is 24.3 Å². The molecule has 122 valence electrons. The third-order valence-electron chi connectivity index (χ3n) is 4.44. The van der Waals surface area contributed by atoms with E-state index >= 15 is 0 Å². The summed E-state index contributed by atoms with van der Waals surface area (Å²) in [4.78, 5) is 16.7. The van der Waals surface area contributed by atoms with Crippen LogP contribution < -0.4 is 5.32 Å². The summed E-state index contributed by atoms with van der Waals surface area (Å²) in [6.07, 6.45) is 5.15. The van der Waals surface area contributed by atoms with Gasteiger partial charge in [-0.25, -0.2) is 4.98 Å². The number of rotatable bonds is 5. The number of carbonyl (C=O) groups excluding carboxylic acids is 1. The zero-order valence-corrected chi connectivity index (χ0v) is 14.5. The molecule has 1 heterocycles. The van der Waals surface area contributed by atoms with E-state index in [2.05, 4.69) is 36.3 Å². The molecular weight excluding hydrogens is 308 g/mol. The number of anilines is 1. The Balaban J connectivity index is 1.81. The fourth-order valence-electron chi connectivity index (χ4n) is 3.02. The molecule has 0 atom stereocenters. The van der Waals surface area contributed by atoms with Crippen LogP contribution in [-0.2, 0) is 11.2 Å². The number of nitrogens with one attached hydrogen (secondary N) is 1. The van der Waals surface area contributed by atoms with E-state index in [0.717, 1.165) is 30.2 Å². The van der Waals surface area contributed by atoms with E-state index in [1.165, 1.54) is 12.0 Å². The van der Waals surface area contributed by atoms with Gasteiger partial charge in [0.05, 0.1) is 10.5 Å². The van der Waals surface area contributed by atoms with Crippen LogP contribution in [0.1, 0.15) is 45.1 Å². The summed E-state index contributed by atoms with van der Waals surface area (Å²) in [5.74, 6) is 1.63. The van der Waals surface area contributed by atoms with Gasteiger partial charge in [-0.2, -0.15) is 0 Å². The van der Waals surface area contributed by atoms with Crippen molar-refractivity contribution in [2.45, 2.75) is 46.0 Å². The van der Waals surface area contributed by atoms with Gasteiger partial charge in [0.1, 0.15) is 0 Å². The summed E-state index contributed by atoms with van der Waals surface area (Å²) in [5.41, 5.74) is 2.14. The molecule has 0 bridgehead atoms. The molecule has 1 aliphatic carbocycles. The lowest BCUT2D eigenvalue weighted by Gasteiger charge is -2.24. The second kappa shape index (κ2) is 6.88. The van der Waals surface area contributed by atoms with E-state index in [-0.39, 0.29) is 5.91 Å². The summed E-state index contributed by atoms with van der Waals surface area (Å²) in [6, 6.07) is 8.14. The number of aromatic nitrogens is 1. The normalized spacial score (nSPS) is 15.0. The Morgan fingerprint density at radius 3 is 2.78 bits per heavy atom. The zero-order chi connectivity index (χ0) is 16.4. The minimum Gasteiger partial charge on any atom is -0.309 e. The highest BCUT2D eigenvalue weighted by molar-refractivity contribution is 6.34. The summed E-state index contributed by atoms with van der Waals surface area (Å²) in [7, 11) is 0. The number of nitrogens with zero attached hydrogens (tertiary/aromatic N) is 1. The van der Waals surface area contributed by atoms with Crippen LogP contribution in [0.4, 0.5) is 5.82 Å². The molecular formula is C19H23ClN2O. The molecule has 3 nitrogen and oxygen atoms in total. The van der Waals surface area contributed by atoms with Crippen LogP contribution in [0.5, 0.6) is 0 Å². The lowest BCUT2D eigenvalue weighted by Crippen LogP contribution is -2.21. The molecule has 4 heteroatoms. The largest absolute Gasteiger partial charge is 0.309 e. The van der Waals surface area contributed by atoms with Crippen LogP contribution in [-0.4, -0.2) is 10.9 Å². The maximum Gasteiger partial charge on any atom is 0.225 e. The topological polar surface area (TPSA) is 42.0 Å². The van der Waals surface area contributed by atoms with Crippen LogP contribution in [0.3, 0.4) is 0 Å². The molecule has 23 heavy (non-hydrogen) atoms. The third-order valence-corrected chi connectivity index (χ3v) is 4.72. The summed E-state index contributed by atoms with van der Waals surface area (Å²) < 4.78 is 0. The van der Waals surface area contributed by atoms with Gasteiger partial charge in [0, 0.05) is 11.8 Å². The highest BCUT2D eigenvalue weighted by Crippen LogP contribution is 2.30. The monoisotopic (exact) mass is 330 g/mol. The van der Waals surface area contributed by atoms with Crippen molar-refractivity contribution in [1.82, 2.24) is 4.98 Å². The van der Waals surface area contributed by atoms with E-state index in [4.69, 9.17) is 11.6 Å². The van der Waals surface area contributed by atoms with Crippen LogP contribution in [0.2, 0.25) is 5.02 Å². The molecule has 1 N–H and O–H groups in total. The molecule has 1 aliphatic rings. The van der Waals surface area contributed by atoms with Crippen molar-refractivity contribution in [3.05, 3.63) is 34.9 Å². The quantitative estimate of drug-likeness (QED) is 0.817. The average molecular weight is 331 g/mol. The lowest BCUT2D eigenvalue weighted by atomic mass is 9.83. The predicted molar refractivity (Wildman–Crippen MR) is 95.9 cm³/mol. The molecule has 0 unspecified atom stereocenters. The summed E-state index contributed by atoms with van der Waals surface area (Å²) in [6.45, 7) is 4.40. The number of amides is 1. The number of fused-ring (bicyclic) bond motifs is 1. The van der Waals surface area contributed by atoms with Gasteiger partial charge in [0.25, 0.3) is 0 Å². The summed E-state index contributed by atoms with van der Waals surface area (Å²) in [5, 5.41) is 4.38. The SMILES string of the molecule is CC(C)Cc1ccc2cc(Cl)c(NC(=O)CC3CCC3)nc2c1. The van der Waals surface area contributed by atoms with Crippen LogP contribution >= 0.6 is 11.6 Å². The Hall–Kier alpha value is -1.61. The van der Waals surface area contributed by atoms with Gasteiger partial charge in [-0.15, -0.1) is 0 Å². The van der Waals surface area contributed by atoms with Crippen LogP contribution in [0.25, 0.3) is 10.9 Å². The standard InChI is InChI=1S/C19H23ClN2O/c1-12(2)8-14-6-7-15-11-16(20)19(21-17(15)9-14)22-18(23)10-13-4-3-5-13/h6-7,9,11-13H,3-5,8,10H2,1-2H3,(H,21,22,23). The first kappa shape index (κ1) is 16.3. The van der Waals surface area contributed by atoms with Gasteiger partial charge in [0.15, 0.2) is 5.82 Å². The maximum atomic E-state index is 12.1. The van der Waals surface area contributed by atoms with Crippen molar-refractivity contribution >= 4 is 34.2 Å². The molecule has 1 fully saturated rings. The Labute approximate surface area is 142 Å². The first-order valence-corrected chi connectivity index (χ1v) is 8.78. The van der Waals surface area contributed by atoms with Gasteiger partial charge in [0.2, 0.25) is 5.91 Å². The van der Waals surface area contributed by atoms with Gasteiger partial charge in [-0.05, 0) is 48.8 Å². The van der Waals surface area contributed by atoms with Gasteiger partial charge in [-0.1, -0.05) is 44.0 Å². The van der Waals surface area contributed by atoms with E-state index in [0.29, 0.717) is 29.1 Å². The van der Waals surface area contributed by atoms with E-state index < -0.39 is 0 Å². The van der Waals surface area contributed by atoms with E-state index in [1.54, 1.807) is 0 Å². The second-order valence-electron chi connectivity index (χ2n) is 6.99. The molecule has 0 saturated heterocycles. The van der Waals surface area contributed by atoms with Gasteiger partial charge in [-0.3, -0.25) is 4.79 Å². The molecule has 1 amide bonds. The Morgan fingerprint density at radius 2 is 2.13 bits per heavy atom. The van der Waals surface area contributed by atoms with Gasteiger partial charge < -0.3 is 5.32 Å². The number of hydrogen-bond donors (Lipinski definition) is 1. The predicted octanol–water partition coefficient (Wildman–Crippen LogP) is 5.22. The average Bonchev–Trinajstić information content (AvgIpc) is 2.43. The minimum atomic E-state index is 0.0155. The Morgan fingerprint density at radius 1 is 1.35 bits per heavy atom. The highest BCUT2D eigenvalue weighted by atomic mass is 35.5. The maximum absolute atomic E-state index is 12.1. The van der Waals surface area contributed by atoms with E-state index in [9.17, 15) is 4.79 Å². The fourth-order valence-corrected chi connectivity index (χ4v) is 3.22. The second-order valence-corrected chi connectivity index (χ2v) is 7.40. The molecule has 3 rings (SSSR count). The number of halogens is 1. The Kier molecular flexibility index (Phi) is 4.86. The number of benzene rings is 1. The molecule has 0 aliphatic heterocycles. The fraction of sp³-hybridized carbons (Fsp3) is 0.474. The number of hydrogen-bond acceptors (Lipinski definition) is 2. The van der Waals surface area contributed by atoms with Crippen molar-refractivity contribution in [3.8, 4) is 0 Å². The molecule has 2 aromatic rings. The van der Waals surface area contributed by atoms with Crippen molar-refractivity contribution in [3.63, 3.8) is 0 Å². The minimum absolute atomic E-state index is 0.0155.